The van der Waals surface area contributed by atoms with Gasteiger partial charge in [0.25, 0.3) is 0 Å². The van der Waals surface area contributed by atoms with Crippen LogP contribution >= 0.6 is 0 Å². The molecule has 2 heterocycles. The van der Waals surface area contributed by atoms with E-state index in [1.807, 2.05) is 0 Å². The van der Waals surface area contributed by atoms with Crippen LogP contribution in [0.5, 0.6) is 11.8 Å². The number of piperazine rings is 1. The molecule has 0 saturated carbocycles. The topological polar surface area (TPSA) is 54.9 Å². The highest BCUT2D eigenvalue weighted by molar-refractivity contribution is 5.99. The van der Waals surface area contributed by atoms with Crippen LogP contribution in [-0.2, 0) is 0 Å². The highest BCUT2D eigenvalue weighted by Crippen LogP contribution is 2.20. The molecule has 1 aliphatic rings. The Hall–Kier alpha value is -1.66. The first-order chi connectivity index (χ1) is 9.63. The third-order valence-corrected chi connectivity index (χ3v) is 3.50. The molecule has 20 heavy (non-hydrogen) atoms. The van der Waals surface area contributed by atoms with Crippen molar-refractivity contribution in [3.63, 3.8) is 0 Å². The van der Waals surface area contributed by atoms with Gasteiger partial charge in [0.05, 0.1) is 26.3 Å². The van der Waals surface area contributed by atoms with Crippen LogP contribution in [0.3, 0.4) is 0 Å². The zero-order chi connectivity index (χ0) is 14.5. The van der Waals surface area contributed by atoms with E-state index in [1.54, 1.807) is 12.1 Å². The number of Topliss-reactive ketones (excluding diaryl/α,β-unsaturated/α-hetero) is 1. The zero-order valence-corrected chi connectivity index (χ0v) is 12.3. The van der Waals surface area contributed by atoms with Crippen molar-refractivity contribution < 1.29 is 14.3 Å². The summed E-state index contributed by atoms with van der Waals surface area (Å²) in [4.78, 5) is 20.9. The number of likely N-dealkylation sites (N-methyl/N-ethyl adjacent to an activating group) is 1. The molecular formula is C14H21N3O3. The molecular weight excluding hydrogens is 258 g/mol. The Bertz CT molecular complexity index is 471. The van der Waals surface area contributed by atoms with Crippen molar-refractivity contribution in [1.29, 1.82) is 0 Å². The van der Waals surface area contributed by atoms with Gasteiger partial charge in [-0.15, -0.1) is 0 Å². The number of ether oxygens (including phenoxy) is 2. The fourth-order valence-electron chi connectivity index (χ4n) is 2.20. The predicted molar refractivity (Wildman–Crippen MR) is 75.6 cm³/mol. The van der Waals surface area contributed by atoms with E-state index >= 15 is 0 Å². The highest BCUT2D eigenvalue weighted by Gasteiger charge is 2.20. The summed E-state index contributed by atoms with van der Waals surface area (Å²) in [6.07, 6.45) is 0. The average molecular weight is 279 g/mol. The quantitative estimate of drug-likeness (QED) is 0.733. The Labute approximate surface area is 119 Å². The molecule has 0 aromatic carbocycles. The number of ketones is 1. The Morgan fingerprint density at radius 1 is 1.20 bits per heavy atom. The number of aromatic nitrogens is 1. The molecule has 1 saturated heterocycles. The van der Waals surface area contributed by atoms with Crippen LogP contribution in [0.1, 0.15) is 10.4 Å². The Kier molecular flexibility index (Phi) is 4.92. The number of methoxy groups -OCH3 is 2. The zero-order valence-electron chi connectivity index (χ0n) is 12.3. The maximum absolute atomic E-state index is 12.4. The van der Waals surface area contributed by atoms with Gasteiger partial charge in [-0.25, -0.2) is 0 Å². The van der Waals surface area contributed by atoms with Crippen LogP contribution in [0.15, 0.2) is 12.1 Å². The van der Waals surface area contributed by atoms with Crippen LogP contribution in [0.2, 0.25) is 0 Å². The maximum atomic E-state index is 12.4. The Morgan fingerprint density at radius 3 is 2.50 bits per heavy atom. The molecule has 0 unspecified atom stereocenters. The lowest BCUT2D eigenvalue weighted by Crippen LogP contribution is -2.46. The number of rotatable bonds is 5. The molecule has 0 amide bonds. The van der Waals surface area contributed by atoms with Gasteiger partial charge in [-0.2, -0.15) is 4.98 Å². The predicted octanol–water partition coefficient (Wildman–Crippen LogP) is 0.529. The molecule has 0 bridgehead atoms. The number of pyridine rings is 1. The first-order valence-electron chi connectivity index (χ1n) is 6.67. The van der Waals surface area contributed by atoms with Crippen molar-refractivity contribution in [3.05, 3.63) is 17.7 Å². The third kappa shape index (κ3) is 3.46. The molecule has 110 valence electrons. The van der Waals surface area contributed by atoms with E-state index in [0.717, 1.165) is 26.2 Å². The van der Waals surface area contributed by atoms with Crippen LogP contribution in [-0.4, -0.2) is 74.6 Å². The molecule has 0 radical (unpaired) electrons. The maximum Gasteiger partial charge on any atom is 0.227 e. The van der Waals surface area contributed by atoms with Gasteiger partial charge < -0.3 is 14.4 Å². The monoisotopic (exact) mass is 279 g/mol. The van der Waals surface area contributed by atoms with E-state index in [1.165, 1.54) is 14.2 Å². The van der Waals surface area contributed by atoms with Crippen molar-refractivity contribution >= 4 is 5.78 Å². The summed E-state index contributed by atoms with van der Waals surface area (Å²) in [5, 5.41) is 0. The second-order valence-corrected chi connectivity index (χ2v) is 4.91. The van der Waals surface area contributed by atoms with Gasteiger partial charge in [-0.05, 0) is 13.1 Å². The molecule has 1 aromatic heterocycles. The number of nitrogens with zero attached hydrogens (tertiary/aromatic N) is 3. The van der Waals surface area contributed by atoms with Gasteiger partial charge in [-0.1, -0.05) is 0 Å². The Balaban J connectivity index is 2.05. The standard InChI is InChI=1S/C14H21N3O3/c1-16-6-8-17(9-7-16)10-12(18)11-4-5-13(19-2)15-14(11)20-3/h4-5H,6-10H2,1-3H3. The summed E-state index contributed by atoms with van der Waals surface area (Å²) in [6.45, 7) is 4.21. The Morgan fingerprint density at radius 2 is 1.90 bits per heavy atom. The number of hydrogen-bond donors (Lipinski definition) is 0. The largest absolute Gasteiger partial charge is 0.481 e. The minimum atomic E-state index is 0.0292. The van der Waals surface area contributed by atoms with Gasteiger partial charge >= 0.3 is 0 Å². The SMILES string of the molecule is COc1ccc(C(=O)CN2CCN(C)CC2)c(OC)n1. The van der Waals surface area contributed by atoms with Gasteiger partial charge in [0.15, 0.2) is 5.78 Å². The van der Waals surface area contributed by atoms with Gasteiger partial charge in [0, 0.05) is 32.2 Å². The van der Waals surface area contributed by atoms with Crippen LogP contribution < -0.4 is 9.47 Å². The van der Waals surface area contributed by atoms with Crippen molar-refractivity contribution in [2.24, 2.45) is 0 Å². The molecule has 2 rings (SSSR count). The second-order valence-electron chi connectivity index (χ2n) is 4.91. The average Bonchev–Trinajstić information content (AvgIpc) is 2.48. The second kappa shape index (κ2) is 6.67. The van der Waals surface area contributed by atoms with Crippen molar-refractivity contribution in [1.82, 2.24) is 14.8 Å². The third-order valence-electron chi connectivity index (χ3n) is 3.50. The molecule has 0 N–H and O–H groups in total. The summed E-state index contributed by atoms with van der Waals surface area (Å²) in [5.41, 5.74) is 0.507. The fourth-order valence-corrected chi connectivity index (χ4v) is 2.20. The van der Waals surface area contributed by atoms with E-state index in [4.69, 9.17) is 9.47 Å². The molecule has 1 fully saturated rings. The van der Waals surface area contributed by atoms with Gasteiger partial charge in [0.2, 0.25) is 11.8 Å². The van der Waals surface area contributed by atoms with Crippen molar-refractivity contribution in [2.45, 2.75) is 0 Å². The van der Waals surface area contributed by atoms with Gasteiger partial charge in [0.1, 0.15) is 0 Å². The van der Waals surface area contributed by atoms with E-state index in [-0.39, 0.29) is 5.78 Å². The molecule has 1 aliphatic heterocycles. The van der Waals surface area contributed by atoms with E-state index in [2.05, 4.69) is 21.8 Å². The van der Waals surface area contributed by atoms with Crippen LogP contribution in [0.25, 0.3) is 0 Å². The van der Waals surface area contributed by atoms with E-state index < -0.39 is 0 Å². The first kappa shape index (κ1) is 14.7. The molecule has 6 heteroatoms. The summed E-state index contributed by atoms with van der Waals surface area (Å²) in [6, 6.07) is 3.39. The summed E-state index contributed by atoms with van der Waals surface area (Å²) in [5.74, 6) is 0.794. The minimum absolute atomic E-state index is 0.0292. The lowest BCUT2D eigenvalue weighted by Gasteiger charge is -2.31. The molecule has 0 atom stereocenters. The minimum Gasteiger partial charge on any atom is -0.481 e. The van der Waals surface area contributed by atoms with E-state index in [9.17, 15) is 4.79 Å². The lowest BCUT2D eigenvalue weighted by molar-refractivity contribution is 0.0872. The molecule has 0 aliphatic carbocycles. The van der Waals surface area contributed by atoms with Crippen LogP contribution in [0.4, 0.5) is 0 Å². The molecule has 6 nitrogen and oxygen atoms in total. The number of hydrogen-bond acceptors (Lipinski definition) is 6. The molecule has 1 aromatic rings. The summed E-state index contributed by atoms with van der Waals surface area (Å²) >= 11 is 0. The van der Waals surface area contributed by atoms with Gasteiger partial charge in [-0.3, -0.25) is 9.69 Å². The summed E-state index contributed by atoms with van der Waals surface area (Å²) in [7, 11) is 5.14. The normalized spacial score (nSPS) is 16.9. The van der Waals surface area contributed by atoms with Crippen molar-refractivity contribution in [2.75, 3.05) is 54.0 Å². The molecule has 0 spiro atoms. The highest BCUT2D eigenvalue weighted by atomic mass is 16.5. The van der Waals surface area contributed by atoms with E-state index in [0.29, 0.717) is 23.9 Å². The number of carbonyl (C=O) groups is 1. The fraction of sp³-hybridized carbons (Fsp3) is 0.571. The van der Waals surface area contributed by atoms with Crippen molar-refractivity contribution in [3.8, 4) is 11.8 Å². The first-order valence-corrected chi connectivity index (χ1v) is 6.67. The summed E-state index contributed by atoms with van der Waals surface area (Å²) < 4.78 is 10.2. The smallest absolute Gasteiger partial charge is 0.227 e. The lowest BCUT2D eigenvalue weighted by atomic mass is 10.1. The number of carbonyl (C=O) groups excluding carboxylic acids is 1. The van der Waals surface area contributed by atoms with Crippen LogP contribution in [0, 0.1) is 0 Å².